The SMILES string of the molecule is CCCn1c(NC(=O)[C@@H](CC)Oc2ccc3c(c2)OCO3)nc2ccccc21. The molecule has 2 aromatic carbocycles. The van der Waals surface area contributed by atoms with Crippen LogP contribution in [0.15, 0.2) is 42.5 Å². The van der Waals surface area contributed by atoms with Crippen molar-refractivity contribution in [2.24, 2.45) is 0 Å². The lowest BCUT2D eigenvalue weighted by Gasteiger charge is -2.18. The fourth-order valence-electron chi connectivity index (χ4n) is 3.25. The molecule has 7 nitrogen and oxygen atoms in total. The monoisotopic (exact) mass is 381 g/mol. The average Bonchev–Trinajstić information content (AvgIpc) is 3.31. The summed E-state index contributed by atoms with van der Waals surface area (Å²) >= 11 is 0. The smallest absolute Gasteiger partial charge is 0.267 e. The second-order valence-electron chi connectivity index (χ2n) is 6.59. The number of aromatic nitrogens is 2. The van der Waals surface area contributed by atoms with Crippen LogP contribution in [0.2, 0.25) is 0 Å². The molecule has 1 amide bonds. The normalized spacial score (nSPS) is 13.5. The van der Waals surface area contributed by atoms with Crippen molar-refractivity contribution in [2.45, 2.75) is 39.3 Å². The molecule has 2 heterocycles. The van der Waals surface area contributed by atoms with Gasteiger partial charge in [0.1, 0.15) is 5.75 Å². The number of amides is 1. The first-order chi connectivity index (χ1) is 13.7. The lowest BCUT2D eigenvalue weighted by Crippen LogP contribution is -2.33. The summed E-state index contributed by atoms with van der Waals surface area (Å²) in [6.07, 6.45) is 0.817. The minimum atomic E-state index is -0.643. The van der Waals surface area contributed by atoms with E-state index < -0.39 is 6.10 Å². The Morgan fingerprint density at radius 2 is 2.04 bits per heavy atom. The molecular weight excluding hydrogens is 358 g/mol. The molecule has 0 bridgehead atoms. The van der Waals surface area contributed by atoms with Gasteiger partial charge < -0.3 is 18.8 Å². The maximum absolute atomic E-state index is 12.9. The first-order valence-electron chi connectivity index (χ1n) is 9.52. The largest absolute Gasteiger partial charge is 0.480 e. The molecule has 1 N–H and O–H groups in total. The zero-order valence-corrected chi connectivity index (χ0v) is 16.0. The fraction of sp³-hybridized carbons (Fsp3) is 0.333. The number of hydrogen-bond acceptors (Lipinski definition) is 5. The maximum Gasteiger partial charge on any atom is 0.267 e. The van der Waals surface area contributed by atoms with Crippen LogP contribution in [-0.2, 0) is 11.3 Å². The van der Waals surface area contributed by atoms with Crippen molar-refractivity contribution >= 4 is 22.9 Å². The summed E-state index contributed by atoms with van der Waals surface area (Å²) in [6, 6.07) is 13.2. The van der Waals surface area contributed by atoms with E-state index in [-0.39, 0.29) is 12.7 Å². The molecule has 0 spiro atoms. The van der Waals surface area contributed by atoms with Crippen LogP contribution in [0.1, 0.15) is 26.7 Å². The third kappa shape index (κ3) is 3.47. The highest BCUT2D eigenvalue weighted by molar-refractivity contribution is 5.94. The summed E-state index contributed by atoms with van der Waals surface area (Å²) in [5.74, 6) is 2.18. The summed E-state index contributed by atoms with van der Waals surface area (Å²) in [6.45, 7) is 4.98. The molecule has 0 radical (unpaired) electrons. The summed E-state index contributed by atoms with van der Waals surface area (Å²) in [4.78, 5) is 17.5. The van der Waals surface area contributed by atoms with E-state index in [0.717, 1.165) is 24.0 Å². The van der Waals surface area contributed by atoms with Crippen LogP contribution in [0.25, 0.3) is 11.0 Å². The molecule has 1 aliphatic rings. The van der Waals surface area contributed by atoms with Crippen molar-refractivity contribution in [1.82, 2.24) is 9.55 Å². The minimum Gasteiger partial charge on any atom is -0.480 e. The molecule has 3 aromatic rings. The van der Waals surface area contributed by atoms with E-state index in [1.54, 1.807) is 18.2 Å². The first kappa shape index (κ1) is 18.2. The van der Waals surface area contributed by atoms with E-state index in [9.17, 15) is 4.79 Å². The van der Waals surface area contributed by atoms with Crippen LogP contribution in [0.3, 0.4) is 0 Å². The quantitative estimate of drug-likeness (QED) is 0.670. The van der Waals surface area contributed by atoms with Crippen molar-refractivity contribution in [1.29, 1.82) is 0 Å². The lowest BCUT2D eigenvalue weighted by atomic mass is 10.2. The third-order valence-electron chi connectivity index (χ3n) is 4.62. The van der Waals surface area contributed by atoms with Gasteiger partial charge in [0.05, 0.1) is 11.0 Å². The second kappa shape index (κ2) is 7.80. The van der Waals surface area contributed by atoms with Crippen molar-refractivity contribution in [3.8, 4) is 17.2 Å². The van der Waals surface area contributed by atoms with Crippen LogP contribution in [-0.4, -0.2) is 28.4 Å². The van der Waals surface area contributed by atoms with Crippen molar-refractivity contribution in [3.63, 3.8) is 0 Å². The van der Waals surface area contributed by atoms with E-state index in [1.807, 2.05) is 35.8 Å². The molecule has 0 fully saturated rings. The van der Waals surface area contributed by atoms with Crippen molar-refractivity contribution < 1.29 is 19.0 Å². The Morgan fingerprint density at radius 3 is 2.86 bits per heavy atom. The van der Waals surface area contributed by atoms with Crippen LogP contribution in [0.4, 0.5) is 5.95 Å². The van der Waals surface area contributed by atoms with Gasteiger partial charge in [0, 0.05) is 12.6 Å². The Kier molecular flexibility index (Phi) is 5.06. The molecule has 1 aromatic heterocycles. The lowest BCUT2D eigenvalue weighted by molar-refractivity contribution is -0.122. The Balaban J connectivity index is 1.53. The number of imidazole rings is 1. The van der Waals surface area contributed by atoms with Crippen molar-refractivity contribution in [2.75, 3.05) is 12.1 Å². The third-order valence-corrected chi connectivity index (χ3v) is 4.62. The molecule has 0 unspecified atom stereocenters. The number of carbonyl (C=O) groups is 1. The zero-order valence-electron chi connectivity index (χ0n) is 16.0. The Bertz CT molecular complexity index is 998. The predicted molar refractivity (Wildman–Crippen MR) is 106 cm³/mol. The van der Waals surface area contributed by atoms with Gasteiger partial charge in [-0.3, -0.25) is 10.1 Å². The number of rotatable bonds is 7. The number of fused-ring (bicyclic) bond motifs is 2. The number of benzene rings is 2. The number of aryl methyl sites for hydroxylation is 1. The molecule has 7 heteroatoms. The average molecular weight is 381 g/mol. The number of nitrogens with one attached hydrogen (secondary N) is 1. The van der Waals surface area contributed by atoms with E-state index in [2.05, 4.69) is 17.2 Å². The molecule has 0 saturated heterocycles. The molecule has 146 valence electrons. The summed E-state index contributed by atoms with van der Waals surface area (Å²) in [5, 5.41) is 2.94. The number of nitrogens with zero attached hydrogens (tertiary/aromatic N) is 2. The van der Waals surface area contributed by atoms with Gasteiger partial charge in [0.25, 0.3) is 5.91 Å². The standard InChI is InChI=1S/C21H23N3O4/c1-3-11-24-16-8-6-5-7-15(16)22-21(24)23-20(25)17(4-2)28-14-9-10-18-19(12-14)27-13-26-18/h5-10,12,17H,3-4,11,13H2,1-2H3,(H,22,23,25)/t17-/m1/s1. The van der Waals surface area contributed by atoms with Gasteiger partial charge in [-0.1, -0.05) is 26.0 Å². The van der Waals surface area contributed by atoms with E-state index >= 15 is 0 Å². The Hall–Kier alpha value is -3.22. The Morgan fingerprint density at radius 1 is 1.21 bits per heavy atom. The molecule has 28 heavy (non-hydrogen) atoms. The van der Waals surface area contributed by atoms with Crippen LogP contribution >= 0.6 is 0 Å². The molecule has 4 rings (SSSR count). The zero-order chi connectivity index (χ0) is 19.5. The van der Waals surface area contributed by atoms with Gasteiger partial charge >= 0.3 is 0 Å². The maximum atomic E-state index is 12.9. The van der Waals surface area contributed by atoms with Crippen LogP contribution < -0.4 is 19.5 Å². The number of para-hydroxylation sites is 2. The second-order valence-corrected chi connectivity index (χ2v) is 6.59. The number of anilines is 1. The minimum absolute atomic E-state index is 0.199. The topological polar surface area (TPSA) is 74.6 Å². The van der Waals surface area contributed by atoms with Gasteiger partial charge in [-0.2, -0.15) is 0 Å². The molecule has 0 saturated carbocycles. The summed E-state index contributed by atoms with van der Waals surface area (Å²) < 4.78 is 18.6. The Labute approximate surface area is 163 Å². The number of carbonyl (C=O) groups excluding carboxylic acids is 1. The van der Waals surface area contributed by atoms with Crippen LogP contribution in [0, 0.1) is 0 Å². The highest BCUT2D eigenvalue weighted by Crippen LogP contribution is 2.35. The van der Waals surface area contributed by atoms with Gasteiger partial charge in [-0.25, -0.2) is 4.98 Å². The molecule has 1 aliphatic heterocycles. The highest BCUT2D eigenvalue weighted by atomic mass is 16.7. The van der Waals surface area contributed by atoms with Crippen molar-refractivity contribution in [3.05, 3.63) is 42.5 Å². The fourth-order valence-corrected chi connectivity index (χ4v) is 3.25. The molecule has 1 atom stereocenters. The van der Waals surface area contributed by atoms with Gasteiger partial charge in [-0.15, -0.1) is 0 Å². The van der Waals surface area contributed by atoms with Crippen LogP contribution in [0.5, 0.6) is 17.2 Å². The van der Waals surface area contributed by atoms with E-state index in [1.165, 1.54) is 0 Å². The highest BCUT2D eigenvalue weighted by Gasteiger charge is 2.23. The predicted octanol–water partition coefficient (Wildman–Crippen LogP) is 3.97. The van der Waals surface area contributed by atoms with E-state index in [0.29, 0.717) is 29.6 Å². The van der Waals surface area contributed by atoms with Gasteiger partial charge in [0.2, 0.25) is 12.7 Å². The molecular formula is C21H23N3O4. The van der Waals surface area contributed by atoms with E-state index in [4.69, 9.17) is 14.2 Å². The summed E-state index contributed by atoms with van der Waals surface area (Å²) in [5.41, 5.74) is 1.86. The number of ether oxygens (including phenoxy) is 3. The van der Waals surface area contributed by atoms with Gasteiger partial charge in [0.15, 0.2) is 17.6 Å². The first-order valence-corrected chi connectivity index (χ1v) is 9.52. The summed E-state index contributed by atoms with van der Waals surface area (Å²) in [7, 11) is 0. The molecule has 0 aliphatic carbocycles. The van der Waals surface area contributed by atoms with Gasteiger partial charge in [-0.05, 0) is 37.1 Å². The number of hydrogen-bond donors (Lipinski definition) is 1.